The Morgan fingerprint density at radius 2 is 2.21 bits per heavy atom. The molecule has 1 aromatic carbocycles. The molecule has 6 heteroatoms. The zero-order valence-electron chi connectivity index (χ0n) is 13.9. The van der Waals surface area contributed by atoms with E-state index in [1.165, 1.54) is 16.7 Å². The van der Waals surface area contributed by atoms with Gasteiger partial charge in [-0.25, -0.2) is 9.67 Å². The van der Waals surface area contributed by atoms with Crippen LogP contribution in [0.4, 0.5) is 0 Å². The second-order valence-corrected chi connectivity index (χ2v) is 6.43. The van der Waals surface area contributed by atoms with Crippen LogP contribution in [-0.4, -0.2) is 38.2 Å². The summed E-state index contributed by atoms with van der Waals surface area (Å²) in [5.41, 5.74) is 6.01. The molecule has 0 radical (unpaired) electrons. The fourth-order valence-corrected chi connectivity index (χ4v) is 3.17. The minimum Gasteiger partial charge on any atom is -0.377 e. The lowest BCUT2D eigenvalue weighted by molar-refractivity contribution is -0.0293. The van der Waals surface area contributed by atoms with E-state index in [1.807, 2.05) is 17.1 Å². The molecule has 0 amide bonds. The van der Waals surface area contributed by atoms with Crippen LogP contribution < -0.4 is 0 Å². The molecule has 3 aromatic rings. The number of aryl methyl sites for hydroxylation is 1. The van der Waals surface area contributed by atoms with Crippen molar-refractivity contribution in [1.29, 1.82) is 0 Å². The summed E-state index contributed by atoms with van der Waals surface area (Å²) in [6.07, 6.45) is 6.47. The van der Waals surface area contributed by atoms with E-state index in [2.05, 4.69) is 52.3 Å². The third kappa shape index (κ3) is 2.73. The number of aromatic amines is 1. The van der Waals surface area contributed by atoms with Gasteiger partial charge in [-0.05, 0) is 30.5 Å². The molecule has 6 nitrogen and oxygen atoms in total. The number of aromatic nitrogens is 5. The Morgan fingerprint density at radius 1 is 1.33 bits per heavy atom. The number of hydrogen-bond acceptors (Lipinski definition) is 4. The summed E-state index contributed by atoms with van der Waals surface area (Å²) in [5.74, 6) is 0.190. The molecule has 1 N–H and O–H groups in total. The minimum absolute atomic E-state index is 0.190. The molecule has 1 aliphatic rings. The molecule has 124 valence electrons. The third-order valence-corrected chi connectivity index (χ3v) is 4.88. The predicted octanol–water partition coefficient (Wildman–Crippen LogP) is 2.56. The average molecular weight is 323 g/mol. The molecule has 1 fully saturated rings. The van der Waals surface area contributed by atoms with Gasteiger partial charge in [0.05, 0.1) is 25.2 Å². The van der Waals surface area contributed by atoms with Crippen molar-refractivity contribution in [1.82, 2.24) is 25.0 Å². The molecule has 4 rings (SSSR count). The highest BCUT2D eigenvalue weighted by Gasteiger charge is 2.24. The first kappa shape index (κ1) is 15.1. The Morgan fingerprint density at radius 3 is 2.92 bits per heavy atom. The van der Waals surface area contributed by atoms with E-state index in [1.54, 1.807) is 6.33 Å². The van der Waals surface area contributed by atoms with Crippen molar-refractivity contribution in [3.8, 4) is 0 Å². The van der Waals surface area contributed by atoms with Crippen molar-refractivity contribution in [2.75, 3.05) is 13.2 Å². The molecule has 1 aliphatic heterocycles. The first-order valence-electron chi connectivity index (χ1n) is 8.25. The van der Waals surface area contributed by atoms with Crippen molar-refractivity contribution >= 4 is 0 Å². The quantitative estimate of drug-likeness (QED) is 0.783. The van der Waals surface area contributed by atoms with Crippen molar-refractivity contribution < 1.29 is 4.74 Å². The molecule has 3 heterocycles. The standard InChI is InChI=1S/C18H21N5O/c1-12-4-3-5-16(13(12)2)17(18-7-19-11-20-18)6-14-8-23(22-21-14)15-9-24-10-15/h3-5,7-8,11,15,17H,6,9-10H2,1-2H3,(H,19,20). The Hall–Kier alpha value is -2.47. The normalized spacial score (nSPS) is 16.1. The van der Waals surface area contributed by atoms with Gasteiger partial charge in [-0.15, -0.1) is 5.10 Å². The first-order chi connectivity index (χ1) is 11.7. The van der Waals surface area contributed by atoms with E-state index in [4.69, 9.17) is 4.74 Å². The van der Waals surface area contributed by atoms with Crippen LogP contribution in [0.3, 0.4) is 0 Å². The van der Waals surface area contributed by atoms with Gasteiger partial charge in [0.25, 0.3) is 0 Å². The summed E-state index contributed by atoms with van der Waals surface area (Å²) in [7, 11) is 0. The largest absolute Gasteiger partial charge is 0.377 e. The van der Waals surface area contributed by atoms with Gasteiger partial charge in [-0.2, -0.15) is 0 Å². The van der Waals surface area contributed by atoms with Gasteiger partial charge in [0.15, 0.2) is 0 Å². The van der Waals surface area contributed by atoms with Gasteiger partial charge >= 0.3 is 0 Å². The molecule has 1 atom stereocenters. The molecular formula is C18H21N5O. The highest BCUT2D eigenvalue weighted by Crippen LogP contribution is 2.30. The summed E-state index contributed by atoms with van der Waals surface area (Å²) in [5, 5.41) is 8.64. The Labute approximate surface area is 140 Å². The van der Waals surface area contributed by atoms with Gasteiger partial charge in [0, 0.05) is 30.4 Å². The summed E-state index contributed by atoms with van der Waals surface area (Å²) >= 11 is 0. The average Bonchev–Trinajstić information content (AvgIpc) is 3.18. The van der Waals surface area contributed by atoms with Crippen LogP contribution in [0.25, 0.3) is 0 Å². The highest BCUT2D eigenvalue weighted by atomic mass is 16.5. The number of imidazole rings is 1. The molecule has 1 saturated heterocycles. The predicted molar refractivity (Wildman–Crippen MR) is 89.9 cm³/mol. The lowest BCUT2D eigenvalue weighted by atomic mass is 9.87. The van der Waals surface area contributed by atoms with E-state index in [0.717, 1.165) is 31.0 Å². The summed E-state index contributed by atoms with van der Waals surface area (Å²) < 4.78 is 7.16. The first-order valence-corrected chi connectivity index (χ1v) is 8.25. The molecule has 24 heavy (non-hydrogen) atoms. The molecule has 0 saturated carbocycles. The van der Waals surface area contributed by atoms with Gasteiger partial charge in [-0.3, -0.25) is 0 Å². The van der Waals surface area contributed by atoms with Crippen LogP contribution in [0.2, 0.25) is 0 Å². The van der Waals surface area contributed by atoms with Gasteiger partial charge in [-0.1, -0.05) is 23.4 Å². The minimum atomic E-state index is 0.190. The number of H-pyrrole nitrogens is 1. The van der Waals surface area contributed by atoms with Crippen LogP contribution in [-0.2, 0) is 11.2 Å². The maximum atomic E-state index is 5.23. The molecule has 1 unspecified atom stereocenters. The smallest absolute Gasteiger partial charge is 0.100 e. The van der Waals surface area contributed by atoms with Crippen molar-refractivity contribution in [3.63, 3.8) is 0 Å². The fraction of sp³-hybridized carbons (Fsp3) is 0.389. The van der Waals surface area contributed by atoms with Gasteiger partial charge < -0.3 is 9.72 Å². The summed E-state index contributed by atoms with van der Waals surface area (Å²) in [4.78, 5) is 7.47. The SMILES string of the molecule is Cc1cccc(C(Cc2cn(C3COC3)nn2)c2cnc[nH]2)c1C. The molecular weight excluding hydrogens is 302 g/mol. The van der Waals surface area contributed by atoms with E-state index in [9.17, 15) is 0 Å². The van der Waals surface area contributed by atoms with Crippen LogP contribution in [0.1, 0.15) is 40.0 Å². The van der Waals surface area contributed by atoms with Crippen molar-refractivity contribution in [2.24, 2.45) is 0 Å². The van der Waals surface area contributed by atoms with E-state index >= 15 is 0 Å². The lowest BCUT2D eigenvalue weighted by Gasteiger charge is -2.25. The molecule has 0 aliphatic carbocycles. The number of ether oxygens (including phenoxy) is 1. The highest BCUT2D eigenvalue weighted by molar-refractivity contribution is 5.39. The van der Waals surface area contributed by atoms with Gasteiger partial charge in [0.2, 0.25) is 0 Å². The zero-order chi connectivity index (χ0) is 16.5. The number of hydrogen-bond donors (Lipinski definition) is 1. The van der Waals surface area contributed by atoms with E-state index in [0.29, 0.717) is 6.04 Å². The topological polar surface area (TPSA) is 68.6 Å². The molecule has 0 bridgehead atoms. The van der Waals surface area contributed by atoms with E-state index in [-0.39, 0.29) is 5.92 Å². The summed E-state index contributed by atoms with van der Waals surface area (Å²) in [6, 6.07) is 6.79. The lowest BCUT2D eigenvalue weighted by Crippen LogP contribution is -2.30. The van der Waals surface area contributed by atoms with Crippen LogP contribution >= 0.6 is 0 Å². The maximum absolute atomic E-state index is 5.23. The second-order valence-electron chi connectivity index (χ2n) is 6.43. The van der Waals surface area contributed by atoms with Crippen LogP contribution in [0.5, 0.6) is 0 Å². The Balaban J connectivity index is 1.66. The Kier molecular flexibility index (Phi) is 3.90. The monoisotopic (exact) mass is 323 g/mol. The molecule has 2 aromatic heterocycles. The number of nitrogens with one attached hydrogen (secondary N) is 1. The van der Waals surface area contributed by atoms with Crippen LogP contribution in [0.15, 0.2) is 36.9 Å². The summed E-state index contributed by atoms with van der Waals surface area (Å²) in [6.45, 7) is 5.78. The van der Waals surface area contributed by atoms with Crippen molar-refractivity contribution in [2.45, 2.75) is 32.2 Å². The second kappa shape index (κ2) is 6.20. The fourth-order valence-electron chi connectivity index (χ4n) is 3.17. The van der Waals surface area contributed by atoms with E-state index < -0.39 is 0 Å². The number of nitrogens with zero attached hydrogens (tertiary/aromatic N) is 4. The number of rotatable bonds is 5. The number of benzene rings is 1. The molecule has 0 spiro atoms. The maximum Gasteiger partial charge on any atom is 0.100 e. The van der Waals surface area contributed by atoms with Crippen LogP contribution in [0, 0.1) is 13.8 Å². The zero-order valence-corrected chi connectivity index (χ0v) is 13.9. The van der Waals surface area contributed by atoms with Crippen molar-refractivity contribution in [3.05, 3.63) is 65.0 Å². The third-order valence-electron chi connectivity index (χ3n) is 4.88. The van der Waals surface area contributed by atoms with Gasteiger partial charge in [0.1, 0.15) is 6.04 Å². The Bertz CT molecular complexity index is 820.